The Kier molecular flexibility index (Phi) is 3.43. The molecule has 1 fully saturated rings. The van der Waals surface area contributed by atoms with Crippen molar-refractivity contribution in [3.63, 3.8) is 0 Å². The van der Waals surface area contributed by atoms with Gasteiger partial charge in [0.05, 0.1) is 25.9 Å². The predicted octanol–water partition coefficient (Wildman–Crippen LogP) is 1.33. The molecule has 2 atom stereocenters. The second-order valence-corrected chi connectivity index (χ2v) is 4.04. The van der Waals surface area contributed by atoms with Crippen LogP contribution >= 0.6 is 0 Å². The highest BCUT2D eigenvalue weighted by atomic mass is 16.5. The molecule has 1 aliphatic rings. The van der Waals surface area contributed by atoms with Crippen molar-refractivity contribution in [1.29, 1.82) is 0 Å². The highest BCUT2D eigenvalue weighted by Crippen LogP contribution is 2.27. The van der Waals surface area contributed by atoms with Crippen LogP contribution in [0.2, 0.25) is 0 Å². The van der Waals surface area contributed by atoms with Gasteiger partial charge in [-0.05, 0) is 24.6 Å². The van der Waals surface area contributed by atoms with Gasteiger partial charge in [0, 0.05) is 6.54 Å². The topological polar surface area (TPSA) is 47.7 Å². The van der Waals surface area contributed by atoms with Crippen LogP contribution in [-0.4, -0.2) is 31.3 Å². The average molecular weight is 222 g/mol. The maximum Gasteiger partial charge on any atom is 0.118 e. The zero-order chi connectivity index (χ0) is 11.5. The van der Waals surface area contributed by atoms with Gasteiger partial charge in [-0.15, -0.1) is 0 Å². The van der Waals surface area contributed by atoms with Crippen LogP contribution < -0.4 is 10.6 Å². The highest BCUT2D eigenvalue weighted by molar-refractivity contribution is 5.29. The van der Waals surface area contributed by atoms with Gasteiger partial charge in [0.25, 0.3) is 0 Å². The van der Waals surface area contributed by atoms with Crippen molar-refractivity contribution in [2.75, 3.05) is 20.3 Å². The smallest absolute Gasteiger partial charge is 0.118 e. The van der Waals surface area contributed by atoms with Crippen LogP contribution in [0.25, 0.3) is 0 Å². The molecule has 0 saturated carbocycles. The average Bonchev–Trinajstić information content (AvgIpc) is 2.33. The lowest BCUT2D eigenvalue weighted by Crippen LogP contribution is -2.49. The van der Waals surface area contributed by atoms with E-state index in [0.29, 0.717) is 6.61 Å². The first kappa shape index (κ1) is 11.4. The molecule has 1 saturated heterocycles. The molecular weight excluding hydrogens is 204 g/mol. The SMILES string of the molecule is COc1ccc(C2OCCN(N)C2C)cc1. The van der Waals surface area contributed by atoms with Gasteiger partial charge in [-0.25, -0.2) is 5.01 Å². The van der Waals surface area contributed by atoms with Gasteiger partial charge >= 0.3 is 0 Å². The maximum absolute atomic E-state index is 5.89. The molecule has 1 heterocycles. The third-order valence-electron chi connectivity index (χ3n) is 3.05. The third-order valence-corrected chi connectivity index (χ3v) is 3.05. The van der Waals surface area contributed by atoms with Crippen molar-refractivity contribution in [3.8, 4) is 5.75 Å². The fourth-order valence-electron chi connectivity index (χ4n) is 1.97. The summed E-state index contributed by atoms with van der Waals surface area (Å²) in [5, 5.41) is 1.83. The van der Waals surface area contributed by atoms with Crippen molar-refractivity contribution in [3.05, 3.63) is 29.8 Å². The third kappa shape index (κ3) is 2.19. The van der Waals surface area contributed by atoms with Crippen LogP contribution in [0.4, 0.5) is 0 Å². The molecule has 0 radical (unpaired) electrons. The molecule has 0 aliphatic carbocycles. The first-order valence-corrected chi connectivity index (χ1v) is 5.49. The van der Waals surface area contributed by atoms with E-state index in [1.165, 1.54) is 0 Å². The van der Waals surface area contributed by atoms with E-state index in [4.69, 9.17) is 15.3 Å². The van der Waals surface area contributed by atoms with E-state index in [9.17, 15) is 0 Å². The van der Waals surface area contributed by atoms with Crippen LogP contribution in [0, 0.1) is 0 Å². The number of benzene rings is 1. The number of ether oxygens (including phenoxy) is 2. The van der Waals surface area contributed by atoms with Crippen molar-refractivity contribution in [2.45, 2.75) is 19.1 Å². The van der Waals surface area contributed by atoms with E-state index in [2.05, 4.69) is 6.92 Å². The van der Waals surface area contributed by atoms with Crippen LogP contribution in [0.1, 0.15) is 18.6 Å². The minimum Gasteiger partial charge on any atom is -0.497 e. The van der Waals surface area contributed by atoms with E-state index in [0.717, 1.165) is 17.9 Å². The lowest BCUT2D eigenvalue weighted by molar-refractivity contribution is -0.0676. The minimum absolute atomic E-state index is 0.0460. The van der Waals surface area contributed by atoms with Gasteiger partial charge in [-0.1, -0.05) is 12.1 Å². The van der Waals surface area contributed by atoms with E-state index >= 15 is 0 Å². The molecule has 0 bridgehead atoms. The molecule has 0 spiro atoms. The molecule has 1 aliphatic heterocycles. The number of hydrazine groups is 1. The molecule has 2 rings (SSSR count). The first-order chi connectivity index (χ1) is 7.72. The molecule has 0 amide bonds. The largest absolute Gasteiger partial charge is 0.497 e. The molecule has 16 heavy (non-hydrogen) atoms. The molecule has 2 unspecified atom stereocenters. The second-order valence-electron chi connectivity index (χ2n) is 4.04. The van der Waals surface area contributed by atoms with E-state index in [1.54, 1.807) is 7.11 Å². The number of hydrogen-bond donors (Lipinski definition) is 1. The van der Waals surface area contributed by atoms with Gasteiger partial charge in [-0.2, -0.15) is 0 Å². The van der Waals surface area contributed by atoms with Gasteiger partial charge in [0.1, 0.15) is 5.75 Å². The molecule has 2 N–H and O–H groups in total. The Morgan fingerprint density at radius 3 is 2.69 bits per heavy atom. The number of rotatable bonds is 2. The summed E-state index contributed by atoms with van der Waals surface area (Å²) in [4.78, 5) is 0. The van der Waals surface area contributed by atoms with Gasteiger partial charge in [-0.3, -0.25) is 5.84 Å². The van der Waals surface area contributed by atoms with Crippen LogP contribution in [0.5, 0.6) is 5.75 Å². The Morgan fingerprint density at radius 2 is 2.06 bits per heavy atom. The minimum atomic E-state index is 0.0460. The summed E-state index contributed by atoms with van der Waals surface area (Å²) in [5.74, 6) is 6.75. The maximum atomic E-state index is 5.89. The van der Waals surface area contributed by atoms with E-state index < -0.39 is 0 Å². The predicted molar refractivity (Wildman–Crippen MR) is 62.0 cm³/mol. The summed E-state index contributed by atoms with van der Waals surface area (Å²) in [7, 11) is 1.66. The van der Waals surface area contributed by atoms with Crippen LogP contribution in [0.3, 0.4) is 0 Å². The fourth-order valence-corrected chi connectivity index (χ4v) is 1.97. The summed E-state index contributed by atoms with van der Waals surface area (Å²) in [5.41, 5.74) is 1.14. The molecule has 1 aromatic rings. The van der Waals surface area contributed by atoms with Crippen molar-refractivity contribution in [2.24, 2.45) is 5.84 Å². The Balaban J connectivity index is 2.15. The standard InChI is InChI=1S/C12H18N2O2/c1-9-12(16-8-7-14(9)13)10-3-5-11(15-2)6-4-10/h3-6,9,12H,7-8,13H2,1-2H3. The lowest BCUT2D eigenvalue weighted by atomic mass is 10.0. The number of nitrogens with two attached hydrogens (primary N) is 1. The zero-order valence-corrected chi connectivity index (χ0v) is 9.72. The van der Waals surface area contributed by atoms with Crippen molar-refractivity contribution >= 4 is 0 Å². The Hall–Kier alpha value is -1.10. The number of methoxy groups -OCH3 is 1. The number of nitrogens with zero attached hydrogens (tertiary/aromatic N) is 1. The summed E-state index contributed by atoms with van der Waals surface area (Å²) in [6, 6.07) is 8.14. The summed E-state index contributed by atoms with van der Waals surface area (Å²) >= 11 is 0. The second kappa shape index (κ2) is 4.82. The highest BCUT2D eigenvalue weighted by Gasteiger charge is 2.27. The van der Waals surface area contributed by atoms with E-state index in [-0.39, 0.29) is 12.1 Å². The summed E-state index contributed by atoms with van der Waals surface area (Å²) < 4.78 is 10.9. The Bertz CT molecular complexity index is 339. The summed E-state index contributed by atoms with van der Waals surface area (Å²) in [6.07, 6.45) is 0.0460. The normalized spacial score (nSPS) is 26.7. The Labute approximate surface area is 95.9 Å². The van der Waals surface area contributed by atoms with Crippen LogP contribution in [-0.2, 0) is 4.74 Å². The molecule has 4 nitrogen and oxygen atoms in total. The lowest BCUT2D eigenvalue weighted by Gasteiger charge is -2.36. The number of morpholine rings is 1. The zero-order valence-electron chi connectivity index (χ0n) is 9.72. The fraction of sp³-hybridized carbons (Fsp3) is 0.500. The molecule has 1 aromatic carbocycles. The molecule has 4 heteroatoms. The number of hydrogen-bond acceptors (Lipinski definition) is 4. The van der Waals surface area contributed by atoms with Gasteiger partial charge in [0.15, 0.2) is 0 Å². The quantitative estimate of drug-likeness (QED) is 0.767. The van der Waals surface area contributed by atoms with Gasteiger partial charge in [0.2, 0.25) is 0 Å². The van der Waals surface area contributed by atoms with Crippen molar-refractivity contribution in [1.82, 2.24) is 5.01 Å². The van der Waals surface area contributed by atoms with E-state index in [1.807, 2.05) is 29.3 Å². The molecule has 88 valence electrons. The first-order valence-electron chi connectivity index (χ1n) is 5.49. The van der Waals surface area contributed by atoms with Crippen LogP contribution in [0.15, 0.2) is 24.3 Å². The summed E-state index contributed by atoms with van der Waals surface area (Å²) in [6.45, 7) is 3.54. The Morgan fingerprint density at radius 1 is 1.38 bits per heavy atom. The molecule has 0 aromatic heterocycles. The van der Waals surface area contributed by atoms with Gasteiger partial charge < -0.3 is 9.47 Å². The molecular formula is C12H18N2O2. The monoisotopic (exact) mass is 222 g/mol. The van der Waals surface area contributed by atoms with Crippen molar-refractivity contribution < 1.29 is 9.47 Å².